The molecule has 0 atom stereocenters. The third kappa shape index (κ3) is 5.64. The number of benzene rings is 2. The van der Waals surface area contributed by atoms with Gasteiger partial charge in [0.15, 0.2) is 5.69 Å². The van der Waals surface area contributed by atoms with E-state index in [1.165, 1.54) is 35.2 Å². The summed E-state index contributed by atoms with van der Waals surface area (Å²) in [5.41, 5.74) is 10.5. The van der Waals surface area contributed by atoms with E-state index < -0.39 is 10.8 Å². The second kappa shape index (κ2) is 11.7. The number of nitrogens with zero attached hydrogens (tertiary/aromatic N) is 8. The van der Waals surface area contributed by atoms with E-state index in [2.05, 4.69) is 54.5 Å². The molecule has 2 aromatic carbocycles. The third-order valence-electron chi connectivity index (χ3n) is 5.56. The van der Waals surface area contributed by atoms with Gasteiger partial charge in [0, 0.05) is 36.5 Å². The largest absolute Gasteiger partial charge is 0.378 e. The molecule has 0 saturated heterocycles. The Balaban J connectivity index is 1.56. The molecular weight excluding hydrogens is 492 g/mol. The number of nitrogens with one attached hydrogen (secondary N) is 1. The molecule has 14 heteroatoms. The number of amides is 1. The van der Waals surface area contributed by atoms with Crippen LogP contribution in [0.4, 0.5) is 17.2 Å². The highest BCUT2D eigenvalue weighted by molar-refractivity contribution is 5.98. The van der Waals surface area contributed by atoms with Crippen molar-refractivity contribution in [3.63, 3.8) is 0 Å². The molecule has 38 heavy (non-hydrogen) atoms. The maximum absolute atomic E-state index is 13.0. The van der Waals surface area contributed by atoms with Crippen LogP contribution in [-0.4, -0.2) is 55.4 Å². The van der Waals surface area contributed by atoms with Crippen LogP contribution in [-0.2, 0) is 0 Å². The number of rotatable bonds is 11. The second-order valence-corrected chi connectivity index (χ2v) is 8.25. The van der Waals surface area contributed by atoms with Crippen LogP contribution in [0.25, 0.3) is 17.1 Å². The summed E-state index contributed by atoms with van der Waals surface area (Å²) in [5.74, 6) is -0.735. The first kappa shape index (κ1) is 25.9. The van der Waals surface area contributed by atoms with E-state index in [0.717, 1.165) is 37.2 Å². The van der Waals surface area contributed by atoms with Gasteiger partial charge in [0.05, 0.1) is 11.1 Å². The molecule has 0 unspecified atom stereocenters. The average molecular weight is 519 g/mol. The van der Waals surface area contributed by atoms with Gasteiger partial charge in [-0.25, -0.2) is 10.1 Å². The van der Waals surface area contributed by atoms with Crippen molar-refractivity contribution in [3.8, 4) is 17.1 Å². The Morgan fingerprint density at radius 2 is 1.82 bits per heavy atom. The van der Waals surface area contributed by atoms with E-state index in [4.69, 9.17) is 5.73 Å². The first-order chi connectivity index (χ1) is 18.4. The smallest absolute Gasteiger partial charge is 0.294 e. The van der Waals surface area contributed by atoms with Crippen molar-refractivity contribution in [2.75, 3.05) is 23.7 Å². The van der Waals surface area contributed by atoms with Crippen LogP contribution in [0.15, 0.2) is 58.3 Å². The van der Waals surface area contributed by atoms with E-state index in [1.54, 1.807) is 0 Å². The van der Waals surface area contributed by atoms with Gasteiger partial charge in [-0.3, -0.25) is 14.9 Å². The molecule has 0 spiro atoms. The molecule has 0 aliphatic carbocycles. The molecule has 2 heterocycles. The van der Waals surface area contributed by atoms with Crippen molar-refractivity contribution in [1.29, 1.82) is 0 Å². The molecule has 0 aliphatic rings. The lowest BCUT2D eigenvalue weighted by atomic mass is 10.1. The summed E-state index contributed by atoms with van der Waals surface area (Å²) < 4.78 is 5.81. The standard InChI is InChI=1S/C24H26N10O4/c1-3-13-32(14-4-2)18-9-5-16(6-10-18)15-26-28-24(35)20-21(17-7-11-19(12-8-17)34(36)37)33(31-27-20)23-22(25)29-38-30-23/h5-12,15H,3-4,13-14H2,1-2H3,(H2,25,29)(H,28,35). The molecule has 0 bridgehead atoms. The van der Waals surface area contributed by atoms with Gasteiger partial charge in [-0.1, -0.05) is 31.2 Å². The SMILES string of the molecule is CCCN(CCC)c1ccc(C=NNC(=O)c2nnn(-c3nonc3N)c2-c2ccc([N+](=O)[O-])cc2)cc1. The fourth-order valence-corrected chi connectivity index (χ4v) is 3.82. The Morgan fingerprint density at radius 3 is 2.39 bits per heavy atom. The van der Waals surface area contributed by atoms with Gasteiger partial charge < -0.3 is 10.6 Å². The maximum atomic E-state index is 13.0. The minimum Gasteiger partial charge on any atom is -0.378 e. The number of aromatic nitrogens is 5. The summed E-state index contributed by atoms with van der Waals surface area (Å²) in [6.45, 7) is 6.25. The molecule has 0 fully saturated rings. The summed E-state index contributed by atoms with van der Waals surface area (Å²) in [6, 6.07) is 13.4. The van der Waals surface area contributed by atoms with E-state index in [0.29, 0.717) is 5.56 Å². The predicted octanol–water partition coefficient (Wildman–Crippen LogP) is 3.20. The summed E-state index contributed by atoms with van der Waals surface area (Å²) in [4.78, 5) is 25.9. The minimum absolute atomic E-state index is 0.00804. The van der Waals surface area contributed by atoms with Crippen LogP contribution >= 0.6 is 0 Å². The Bertz CT molecular complexity index is 1420. The van der Waals surface area contributed by atoms with Crippen LogP contribution in [0.1, 0.15) is 42.7 Å². The fraction of sp³-hybridized carbons (Fsp3) is 0.250. The van der Waals surface area contributed by atoms with Crippen LogP contribution in [0, 0.1) is 10.1 Å². The molecule has 0 aliphatic heterocycles. The van der Waals surface area contributed by atoms with Crippen LogP contribution in [0.3, 0.4) is 0 Å². The lowest BCUT2D eigenvalue weighted by molar-refractivity contribution is -0.384. The average Bonchev–Trinajstić information content (AvgIpc) is 3.55. The van der Waals surface area contributed by atoms with Crippen LogP contribution in [0.5, 0.6) is 0 Å². The number of nitro benzene ring substituents is 1. The quantitative estimate of drug-likeness (QED) is 0.170. The predicted molar refractivity (Wildman–Crippen MR) is 140 cm³/mol. The number of hydrogen-bond donors (Lipinski definition) is 2. The summed E-state index contributed by atoms with van der Waals surface area (Å²) >= 11 is 0. The van der Waals surface area contributed by atoms with Crippen molar-refractivity contribution in [3.05, 3.63) is 69.9 Å². The number of anilines is 2. The lowest BCUT2D eigenvalue weighted by Crippen LogP contribution is -2.24. The molecular formula is C24H26N10O4. The molecule has 14 nitrogen and oxygen atoms in total. The second-order valence-electron chi connectivity index (χ2n) is 8.25. The van der Waals surface area contributed by atoms with Crippen molar-refractivity contribution < 1.29 is 14.3 Å². The monoisotopic (exact) mass is 518 g/mol. The van der Waals surface area contributed by atoms with E-state index in [-0.39, 0.29) is 28.7 Å². The van der Waals surface area contributed by atoms with Gasteiger partial charge in [-0.2, -0.15) is 9.78 Å². The number of non-ortho nitro benzene ring substituents is 1. The van der Waals surface area contributed by atoms with Crippen molar-refractivity contribution in [1.82, 2.24) is 30.7 Å². The van der Waals surface area contributed by atoms with Gasteiger partial charge in [-0.05, 0) is 53.0 Å². The van der Waals surface area contributed by atoms with Gasteiger partial charge in [0.2, 0.25) is 11.6 Å². The van der Waals surface area contributed by atoms with Gasteiger partial charge in [0.25, 0.3) is 11.6 Å². The number of hydrogen-bond acceptors (Lipinski definition) is 11. The lowest BCUT2D eigenvalue weighted by Gasteiger charge is -2.23. The molecule has 0 radical (unpaired) electrons. The molecule has 4 rings (SSSR count). The fourth-order valence-electron chi connectivity index (χ4n) is 3.82. The summed E-state index contributed by atoms with van der Waals surface area (Å²) in [6.07, 6.45) is 3.63. The number of carbonyl (C=O) groups excluding carboxylic acids is 1. The zero-order chi connectivity index (χ0) is 27.1. The highest BCUT2D eigenvalue weighted by Crippen LogP contribution is 2.28. The highest BCUT2D eigenvalue weighted by atomic mass is 16.6. The van der Waals surface area contributed by atoms with E-state index >= 15 is 0 Å². The minimum atomic E-state index is -0.662. The molecule has 1 amide bonds. The molecule has 0 saturated carbocycles. The van der Waals surface area contributed by atoms with Crippen molar-refractivity contribution in [2.24, 2.45) is 5.10 Å². The maximum Gasteiger partial charge on any atom is 0.294 e. The zero-order valence-corrected chi connectivity index (χ0v) is 20.8. The molecule has 2 aromatic heterocycles. The Hall–Kier alpha value is -5.14. The number of nitrogens with two attached hydrogens (primary N) is 1. The summed E-state index contributed by atoms with van der Waals surface area (Å²) in [7, 11) is 0. The Morgan fingerprint density at radius 1 is 1.13 bits per heavy atom. The van der Waals surface area contributed by atoms with Crippen LogP contribution < -0.4 is 16.1 Å². The highest BCUT2D eigenvalue weighted by Gasteiger charge is 2.25. The van der Waals surface area contributed by atoms with Crippen molar-refractivity contribution >= 4 is 29.3 Å². The number of carbonyl (C=O) groups is 1. The Kier molecular flexibility index (Phi) is 8.01. The first-order valence-electron chi connectivity index (χ1n) is 11.9. The number of nitrogen functional groups attached to an aromatic ring is 1. The number of hydrazone groups is 1. The van der Waals surface area contributed by atoms with Gasteiger partial charge in [0.1, 0.15) is 5.69 Å². The molecule has 196 valence electrons. The normalized spacial score (nSPS) is 11.1. The topological polar surface area (TPSA) is 183 Å². The van der Waals surface area contributed by atoms with Gasteiger partial charge in [-0.15, -0.1) is 5.10 Å². The summed E-state index contributed by atoms with van der Waals surface area (Å²) in [5, 5.41) is 30.3. The molecule has 3 N–H and O–H groups in total. The zero-order valence-electron chi connectivity index (χ0n) is 20.8. The van der Waals surface area contributed by atoms with E-state index in [9.17, 15) is 14.9 Å². The number of nitro groups is 1. The van der Waals surface area contributed by atoms with Crippen LogP contribution in [0.2, 0.25) is 0 Å². The third-order valence-corrected chi connectivity index (χ3v) is 5.56. The van der Waals surface area contributed by atoms with Crippen molar-refractivity contribution in [2.45, 2.75) is 26.7 Å². The van der Waals surface area contributed by atoms with Gasteiger partial charge >= 0.3 is 0 Å². The first-order valence-corrected chi connectivity index (χ1v) is 11.9. The van der Waals surface area contributed by atoms with E-state index in [1.807, 2.05) is 24.3 Å². The Labute approximate surface area is 217 Å². The molecule has 4 aromatic rings.